The second-order valence-corrected chi connectivity index (χ2v) is 5.30. The highest BCUT2D eigenvalue weighted by Gasteiger charge is 2.28. The van der Waals surface area contributed by atoms with Gasteiger partial charge in [-0.3, -0.25) is 10.1 Å². The lowest BCUT2D eigenvalue weighted by molar-refractivity contribution is -0.384. The summed E-state index contributed by atoms with van der Waals surface area (Å²) in [7, 11) is 0. The number of nitro groups is 1. The summed E-state index contributed by atoms with van der Waals surface area (Å²) in [5.74, 6) is 0. The van der Waals surface area contributed by atoms with E-state index in [0.29, 0.717) is 18.6 Å². The van der Waals surface area contributed by atoms with Gasteiger partial charge in [0.05, 0.1) is 4.92 Å². The number of anilines is 1. The lowest BCUT2D eigenvalue weighted by atomic mass is 9.94. The number of aryl methyl sites for hydroxylation is 1. The molecule has 1 aromatic rings. The summed E-state index contributed by atoms with van der Waals surface area (Å²) in [5, 5.41) is 10.8. The molecule has 19 heavy (non-hydrogen) atoms. The average Bonchev–Trinajstić information content (AvgIpc) is 2.38. The van der Waals surface area contributed by atoms with E-state index in [4.69, 9.17) is 5.73 Å². The van der Waals surface area contributed by atoms with Crippen molar-refractivity contribution in [3.05, 3.63) is 33.9 Å². The normalized spacial score (nSPS) is 23.4. The van der Waals surface area contributed by atoms with Gasteiger partial charge in [-0.15, -0.1) is 0 Å². The van der Waals surface area contributed by atoms with E-state index < -0.39 is 0 Å². The van der Waals surface area contributed by atoms with Crippen molar-refractivity contribution in [1.82, 2.24) is 0 Å². The molecule has 0 aliphatic carbocycles. The Kier molecular flexibility index (Phi) is 4.04. The predicted octanol–water partition coefficient (Wildman–Crippen LogP) is 2.61. The minimum Gasteiger partial charge on any atom is -0.364 e. The van der Waals surface area contributed by atoms with Crippen LogP contribution in [0.15, 0.2) is 18.2 Å². The quantitative estimate of drug-likeness (QED) is 0.672. The summed E-state index contributed by atoms with van der Waals surface area (Å²) >= 11 is 0. The van der Waals surface area contributed by atoms with Crippen LogP contribution in [0.25, 0.3) is 0 Å². The molecular formula is C14H21N3O2. The Labute approximate surface area is 113 Å². The first-order valence-corrected chi connectivity index (χ1v) is 6.78. The first-order valence-electron chi connectivity index (χ1n) is 6.78. The van der Waals surface area contributed by atoms with E-state index in [-0.39, 0.29) is 10.6 Å². The van der Waals surface area contributed by atoms with Gasteiger partial charge in [-0.25, -0.2) is 0 Å². The maximum atomic E-state index is 10.8. The van der Waals surface area contributed by atoms with Crippen LogP contribution in [-0.4, -0.2) is 23.6 Å². The van der Waals surface area contributed by atoms with Gasteiger partial charge in [0.15, 0.2) is 0 Å². The predicted molar refractivity (Wildman–Crippen MR) is 76.5 cm³/mol. The molecule has 5 nitrogen and oxygen atoms in total. The fourth-order valence-corrected chi connectivity index (χ4v) is 3.00. The summed E-state index contributed by atoms with van der Waals surface area (Å²) in [6, 6.07) is 5.85. The first-order chi connectivity index (χ1) is 9.04. The zero-order chi connectivity index (χ0) is 14.0. The number of hydrogen-bond acceptors (Lipinski definition) is 4. The van der Waals surface area contributed by atoms with Crippen LogP contribution in [-0.2, 0) is 0 Å². The van der Waals surface area contributed by atoms with Gasteiger partial charge in [-0.05, 0) is 44.7 Å². The highest BCUT2D eigenvalue weighted by Crippen LogP contribution is 2.32. The highest BCUT2D eigenvalue weighted by atomic mass is 16.6. The maximum absolute atomic E-state index is 10.8. The van der Waals surface area contributed by atoms with Crippen molar-refractivity contribution >= 4 is 11.4 Å². The Morgan fingerprint density at radius 1 is 1.47 bits per heavy atom. The van der Waals surface area contributed by atoms with E-state index in [1.807, 2.05) is 13.0 Å². The Bertz CT molecular complexity index is 476. The van der Waals surface area contributed by atoms with Crippen LogP contribution in [0, 0.1) is 17.0 Å². The molecule has 0 aromatic heterocycles. The largest absolute Gasteiger partial charge is 0.364 e. The molecule has 1 aliphatic heterocycles. The summed E-state index contributed by atoms with van der Waals surface area (Å²) < 4.78 is 0. The van der Waals surface area contributed by atoms with E-state index in [0.717, 1.165) is 24.1 Å². The van der Waals surface area contributed by atoms with Crippen LogP contribution in [0.3, 0.4) is 0 Å². The summed E-state index contributed by atoms with van der Waals surface area (Å²) in [6.45, 7) is 4.75. The molecule has 0 saturated carbocycles. The standard InChI is InChI=1S/C14H21N3O2/c1-10-8-12(17(18)19)6-7-14(10)16-11(2)4-3-5-13(16)9-15/h6-8,11,13H,3-5,9,15H2,1-2H3. The third-order valence-corrected chi connectivity index (χ3v) is 3.97. The fraction of sp³-hybridized carbons (Fsp3) is 0.571. The minimum absolute atomic E-state index is 0.148. The van der Waals surface area contributed by atoms with Crippen LogP contribution in [0.1, 0.15) is 31.7 Å². The number of rotatable bonds is 3. The molecule has 5 heteroatoms. The van der Waals surface area contributed by atoms with Crippen molar-refractivity contribution in [1.29, 1.82) is 0 Å². The molecule has 0 bridgehead atoms. The SMILES string of the molecule is Cc1cc([N+](=O)[O-])ccc1N1C(C)CCCC1CN. The highest BCUT2D eigenvalue weighted by molar-refractivity contribution is 5.59. The van der Waals surface area contributed by atoms with Crippen LogP contribution in [0.2, 0.25) is 0 Å². The van der Waals surface area contributed by atoms with Crippen LogP contribution in [0.4, 0.5) is 11.4 Å². The number of nitrogens with two attached hydrogens (primary N) is 1. The van der Waals surface area contributed by atoms with Gasteiger partial charge in [0.1, 0.15) is 0 Å². The second kappa shape index (κ2) is 5.57. The van der Waals surface area contributed by atoms with Crippen molar-refractivity contribution < 1.29 is 4.92 Å². The molecule has 1 heterocycles. The summed E-state index contributed by atoms with van der Waals surface area (Å²) in [4.78, 5) is 12.8. The Balaban J connectivity index is 2.36. The maximum Gasteiger partial charge on any atom is 0.269 e. The lowest BCUT2D eigenvalue weighted by Gasteiger charge is -2.42. The molecule has 1 aromatic carbocycles. The molecular weight excluding hydrogens is 242 g/mol. The first kappa shape index (κ1) is 13.8. The van der Waals surface area contributed by atoms with Crippen molar-refractivity contribution in [3.63, 3.8) is 0 Å². The average molecular weight is 263 g/mol. The molecule has 1 aliphatic rings. The smallest absolute Gasteiger partial charge is 0.269 e. The van der Waals surface area contributed by atoms with E-state index in [2.05, 4.69) is 11.8 Å². The van der Waals surface area contributed by atoms with Gasteiger partial charge >= 0.3 is 0 Å². The van der Waals surface area contributed by atoms with Crippen molar-refractivity contribution in [2.24, 2.45) is 5.73 Å². The minimum atomic E-state index is -0.350. The summed E-state index contributed by atoms with van der Waals surface area (Å²) in [5.41, 5.74) is 8.04. The van der Waals surface area contributed by atoms with Gasteiger partial charge in [0.2, 0.25) is 0 Å². The molecule has 0 spiro atoms. The molecule has 0 amide bonds. The monoisotopic (exact) mass is 263 g/mol. The van der Waals surface area contributed by atoms with Gasteiger partial charge in [-0.1, -0.05) is 0 Å². The van der Waals surface area contributed by atoms with Crippen molar-refractivity contribution in [2.45, 2.75) is 45.2 Å². The topological polar surface area (TPSA) is 72.4 Å². The molecule has 1 fully saturated rings. The van der Waals surface area contributed by atoms with E-state index in [1.165, 1.54) is 6.42 Å². The Morgan fingerprint density at radius 2 is 2.21 bits per heavy atom. The molecule has 2 N–H and O–H groups in total. The zero-order valence-electron chi connectivity index (χ0n) is 11.5. The van der Waals surface area contributed by atoms with Crippen LogP contribution < -0.4 is 10.6 Å². The number of benzene rings is 1. The van der Waals surface area contributed by atoms with Gasteiger partial charge in [0, 0.05) is 36.4 Å². The van der Waals surface area contributed by atoms with Gasteiger partial charge < -0.3 is 10.6 Å². The lowest BCUT2D eigenvalue weighted by Crippen LogP contribution is -2.49. The van der Waals surface area contributed by atoms with Gasteiger partial charge in [-0.2, -0.15) is 0 Å². The molecule has 2 atom stereocenters. The zero-order valence-corrected chi connectivity index (χ0v) is 11.5. The van der Waals surface area contributed by atoms with Crippen molar-refractivity contribution in [3.8, 4) is 0 Å². The van der Waals surface area contributed by atoms with Gasteiger partial charge in [0.25, 0.3) is 5.69 Å². The number of non-ortho nitro benzene ring substituents is 1. The molecule has 2 unspecified atom stereocenters. The van der Waals surface area contributed by atoms with E-state index in [1.54, 1.807) is 12.1 Å². The third-order valence-electron chi connectivity index (χ3n) is 3.97. The molecule has 2 rings (SSSR count). The Hall–Kier alpha value is -1.62. The Morgan fingerprint density at radius 3 is 2.79 bits per heavy atom. The third kappa shape index (κ3) is 2.71. The fourth-order valence-electron chi connectivity index (χ4n) is 3.00. The molecule has 104 valence electrons. The number of nitro benzene ring substituents is 1. The second-order valence-electron chi connectivity index (χ2n) is 5.30. The van der Waals surface area contributed by atoms with E-state index in [9.17, 15) is 10.1 Å². The van der Waals surface area contributed by atoms with E-state index >= 15 is 0 Å². The number of nitrogens with zero attached hydrogens (tertiary/aromatic N) is 2. The molecule has 1 saturated heterocycles. The number of hydrogen-bond donors (Lipinski definition) is 1. The summed E-state index contributed by atoms with van der Waals surface area (Å²) in [6.07, 6.45) is 3.44. The molecule has 0 radical (unpaired) electrons. The van der Waals surface area contributed by atoms with Crippen molar-refractivity contribution in [2.75, 3.05) is 11.4 Å². The van der Waals surface area contributed by atoms with Crippen LogP contribution in [0.5, 0.6) is 0 Å². The van der Waals surface area contributed by atoms with Crippen LogP contribution >= 0.6 is 0 Å². The number of piperidine rings is 1.